The van der Waals surface area contributed by atoms with Crippen LogP contribution >= 0.6 is 12.4 Å². The first-order valence-electron chi connectivity index (χ1n) is 8.78. The molecule has 2 atom stereocenters. The number of aromatic nitrogens is 3. The SMILES string of the molecule is CC1CCNCC1NC(=O)c1cc(-c2ccco2)nc2c(C(N)=O)ncn12.Cl. The molecule has 0 bridgehead atoms. The average molecular weight is 405 g/mol. The summed E-state index contributed by atoms with van der Waals surface area (Å²) in [7, 11) is 0. The van der Waals surface area contributed by atoms with E-state index in [4.69, 9.17) is 10.2 Å². The Morgan fingerprint density at radius 1 is 1.43 bits per heavy atom. The zero-order chi connectivity index (χ0) is 19.0. The van der Waals surface area contributed by atoms with E-state index < -0.39 is 5.91 Å². The standard InChI is InChI=1S/C18H20N6O3.ClH/c1-10-4-5-20-8-12(10)23-18(26)13-7-11(14-3-2-6-27-14)22-17-15(16(19)25)21-9-24(13)17;/h2-3,6-7,9-10,12,20H,4-5,8H2,1H3,(H2,19,25)(H,23,26);1H. The number of primary amides is 1. The minimum atomic E-state index is -0.710. The van der Waals surface area contributed by atoms with Gasteiger partial charge in [-0.3, -0.25) is 14.0 Å². The number of nitrogens with zero attached hydrogens (tertiary/aromatic N) is 3. The number of fused-ring (bicyclic) bond motifs is 1. The highest BCUT2D eigenvalue weighted by molar-refractivity contribution is 5.99. The lowest BCUT2D eigenvalue weighted by Crippen LogP contribution is -2.50. The highest BCUT2D eigenvalue weighted by Gasteiger charge is 2.25. The summed E-state index contributed by atoms with van der Waals surface area (Å²) in [5.41, 5.74) is 6.36. The van der Waals surface area contributed by atoms with Crippen LogP contribution in [0.2, 0.25) is 0 Å². The molecule has 10 heteroatoms. The summed E-state index contributed by atoms with van der Waals surface area (Å²) in [6, 6.07) is 5.09. The van der Waals surface area contributed by atoms with Crippen LogP contribution in [0.15, 0.2) is 35.2 Å². The van der Waals surface area contributed by atoms with E-state index in [1.165, 1.54) is 17.0 Å². The first kappa shape index (κ1) is 19.8. The second kappa shape index (κ2) is 7.99. The van der Waals surface area contributed by atoms with Gasteiger partial charge in [-0.2, -0.15) is 0 Å². The minimum Gasteiger partial charge on any atom is -0.463 e. The van der Waals surface area contributed by atoms with Crippen molar-refractivity contribution in [2.45, 2.75) is 19.4 Å². The van der Waals surface area contributed by atoms with Gasteiger partial charge < -0.3 is 20.8 Å². The van der Waals surface area contributed by atoms with Crippen LogP contribution in [0, 0.1) is 5.92 Å². The predicted octanol–water partition coefficient (Wildman–Crippen LogP) is 1.24. The van der Waals surface area contributed by atoms with Gasteiger partial charge in [0.05, 0.1) is 6.26 Å². The molecule has 1 fully saturated rings. The van der Waals surface area contributed by atoms with E-state index in [1.807, 2.05) is 0 Å². The second-order valence-electron chi connectivity index (χ2n) is 6.70. The van der Waals surface area contributed by atoms with E-state index in [-0.39, 0.29) is 35.7 Å². The van der Waals surface area contributed by atoms with Crippen molar-refractivity contribution in [2.75, 3.05) is 13.1 Å². The van der Waals surface area contributed by atoms with Crippen LogP contribution in [-0.2, 0) is 0 Å². The van der Waals surface area contributed by atoms with Crippen molar-refractivity contribution in [2.24, 2.45) is 11.7 Å². The van der Waals surface area contributed by atoms with Gasteiger partial charge in [-0.05, 0) is 37.1 Å². The van der Waals surface area contributed by atoms with E-state index in [0.29, 0.717) is 29.6 Å². The van der Waals surface area contributed by atoms with Gasteiger partial charge in [0.25, 0.3) is 11.8 Å². The third-order valence-corrected chi connectivity index (χ3v) is 4.89. The number of nitrogens with two attached hydrogens (primary N) is 1. The molecule has 1 aliphatic rings. The largest absolute Gasteiger partial charge is 0.463 e. The third kappa shape index (κ3) is 3.58. The molecular weight excluding hydrogens is 384 g/mol. The van der Waals surface area contributed by atoms with Gasteiger partial charge in [0.2, 0.25) is 0 Å². The van der Waals surface area contributed by atoms with Gasteiger partial charge >= 0.3 is 0 Å². The summed E-state index contributed by atoms with van der Waals surface area (Å²) in [6.07, 6.45) is 3.89. The number of rotatable bonds is 4. The number of carbonyl (C=O) groups is 2. The van der Waals surface area contributed by atoms with Crippen LogP contribution in [0.4, 0.5) is 0 Å². The number of furan rings is 1. The highest BCUT2D eigenvalue weighted by Crippen LogP contribution is 2.22. The fraction of sp³-hybridized carbons (Fsp3) is 0.333. The van der Waals surface area contributed by atoms with Gasteiger partial charge in [0.1, 0.15) is 17.7 Å². The number of hydrogen-bond acceptors (Lipinski definition) is 6. The smallest absolute Gasteiger partial charge is 0.271 e. The Hall–Kier alpha value is -2.91. The van der Waals surface area contributed by atoms with Crippen LogP contribution in [0.25, 0.3) is 17.1 Å². The molecule has 4 N–H and O–H groups in total. The van der Waals surface area contributed by atoms with Crippen LogP contribution in [-0.4, -0.2) is 45.3 Å². The van der Waals surface area contributed by atoms with Crippen molar-refractivity contribution in [1.29, 1.82) is 0 Å². The summed E-state index contributed by atoms with van der Waals surface area (Å²) < 4.78 is 6.87. The van der Waals surface area contributed by atoms with Crippen molar-refractivity contribution in [3.63, 3.8) is 0 Å². The van der Waals surface area contributed by atoms with Gasteiger partial charge in [-0.25, -0.2) is 9.97 Å². The number of nitrogens with one attached hydrogen (secondary N) is 2. The molecule has 4 rings (SSSR count). The molecule has 3 aromatic rings. The normalized spacial score (nSPS) is 19.2. The van der Waals surface area contributed by atoms with Crippen molar-refractivity contribution in [1.82, 2.24) is 25.0 Å². The minimum absolute atomic E-state index is 0. The summed E-state index contributed by atoms with van der Waals surface area (Å²) in [6.45, 7) is 3.77. The zero-order valence-electron chi connectivity index (χ0n) is 15.2. The molecule has 0 aliphatic carbocycles. The maximum absolute atomic E-state index is 13.0. The second-order valence-corrected chi connectivity index (χ2v) is 6.70. The number of hydrogen-bond donors (Lipinski definition) is 3. The Morgan fingerprint density at radius 3 is 2.93 bits per heavy atom. The molecule has 2 unspecified atom stereocenters. The lowest BCUT2D eigenvalue weighted by molar-refractivity contribution is 0.0907. The molecule has 148 valence electrons. The zero-order valence-corrected chi connectivity index (χ0v) is 16.0. The van der Waals surface area contributed by atoms with Crippen LogP contribution < -0.4 is 16.4 Å². The Kier molecular flexibility index (Phi) is 5.66. The van der Waals surface area contributed by atoms with E-state index in [9.17, 15) is 9.59 Å². The van der Waals surface area contributed by atoms with Crippen molar-refractivity contribution in [3.8, 4) is 11.5 Å². The average Bonchev–Trinajstić information content (AvgIpc) is 3.32. The van der Waals surface area contributed by atoms with Crippen LogP contribution in [0.3, 0.4) is 0 Å². The first-order chi connectivity index (χ1) is 13.0. The topological polar surface area (TPSA) is 128 Å². The predicted molar refractivity (Wildman–Crippen MR) is 104 cm³/mol. The molecule has 3 aromatic heterocycles. The molecule has 1 aliphatic heterocycles. The van der Waals surface area contributed by atoms with Gasteiger partial charge in [0, 0.05) is 12.6 Å². The molecule has 28 heavy (non-hydrogen) atoms. The first-order valence-corrected chi connectivity index (χ1v) is 8.78. The maximum Gasteiger partial charge on any atom is 0.271 e. The number of halogens is 1. The number of piperidine rings is 1. The van der Waals surface area contributed by atoms with Gasteiger partial charge in [0.15, 0.2) is 17.1 Å². The van der Waals surface area contributed by atoms with E-state index in [1.54, 1.807) is 18.2 Å². The fourth-order valence-corrected chi connectivity index (χ4v) is 3.30. The Bertz CT molecular complexity index is 1000. The quantitative estimate of drug-likeness (QED) is 0.600. The number of amides is 2. The molecule has 0 spiro atoms. The van der Waals surface area contributed by atoms with E-state index >= 15 is 0 Å². The Labute approximate surface area is 167 Å². The molecular formula is C18H21ClN6O3. The highest BCUT2D eigenvalue weighted by atomic mass is 35.5. The van der Waals surface area contributed by atoms with Crippen LogP contribution in [0.5, 0.6) is 0 Å². The fourth-order valence-electron chi connectivity index (χ4n) is 3.30. The molecule has 1 saturated heterocycles. The lowest BCUT2D eigenvalue weighted by Gasteiger charge is -2.30. The van der Waals surface area contributed by atoms with Crippen molar-refractivity contribution < 1.29 is 14.0 Å². The van der Waals surface area contributed by atoms with Gasteiger partial charge in [-0.15, -0.1) is 12.4 Å². The number of carbonyl (C=O) groups excluding carboxylic acids is 2. The third-order valence-electron chi connectivity index (χ3n) is 4.89. The molecule has 0 aromatic carbocycles. The Balaban J connectivity index is 0.00000225. The monoisotopic (exact) mass is 404 g/mol. The van der Waals surface area contributed by atoms with E-state index in [2.05, 4.69) is 27.5 Å². The molecule has 4 heterocycles. The molecule has 9 nitrogen and oxygen atoms in total. The summed E-state index contributed by atoms with van der Waals surface area (Å²) in [4.78, 5) is 33.1. The summed E-state index contributed by atoms with van der Waals surface area (Å²) in [5.74, 6) is -0.140. The van der Waals surface area contributed by atoms with E-state index in [0.717, 1.165) is 13.0 Å². The molecule has 0 saturated carbocycles. The van der Waals surface area contributed by atoms with Crippen molar-refractivity contribution in [3.05, 3.63) is 42.2 Å². The lowest BCUT2D eigenvalue weighted by atomic mass is 9.95. The van der Waals surface area contributed by atoms with Crippen molar-refractivity contribution >= 4 is 29.9 Å². The maximum atomic E-state index is 13.0. The van der Waals surface area contributed by atoms with Crippen LogP contribution in [0.1, 0.15) is 34.3 Å². The number of imidazole rings is 1. The molecule has 0 radical (unpaired) electrons. The summed E-state index contributed by atoms with van der Waals surface area (Å²) in [5, 5.41) is 6.35. The summed E-state index contributed by atoms with van der Waals surface area (Å²) >= 11 is 0. The molecule has 2 amide bonds. The van der Waals surface area contributed by atoms with Gasteiger partial charge in [-0.1, -0.05) is 6.92 Å². The Morgan fingerprint density at radius 2 is 2.25 bits per heavy atom.